The maximum Gasteiger partial charge on any atom is 0.299 e. The highest BCUT2D eigenvalue weighted by molar-refractivity contribution is 9.10. The molecule has 5 heteroatoms. The van der Waals surface area contributed by atoms with Crippen molar-refractivity contribution in [3.8, 4) is 0 Å². The first kappa shape index (κ1) is 12.3. The van der Waals surface area contributed by atoms with Crippen LogP contribution in [0.1, 0.15) is 17.3 Å². The van der Waals surface area contributed by atoms with Crippen LogP contribution in [0.25, 0.3) is 0 Å². The summed E-state index contributed by atoms with van der Waals surface area (Å²) in [7, 11) is 0. The second-order valence-corrected chi connectivity index (χ2v) is 4.97. The maximum atomic E-state index is 11.8. The molecule has 2 rings (SSSR count). The quantitative estimate of drug-likeness (QED) is 0.787. The van der Waals surface area contributed by atoms with E-state index in [0.717, 1.165) is 10.0 Å². The first-order valence-electron chi connectivity index (χ1n) is 4.96. The van der Waals surface area contributed by atoms with Crippen LogP contribution >= 0.6 is 27.5 Å². The largest absolute Gasteiger partial charge is 0.301 e. The van der Waals surface area contributed by atoms with E-state index in [2.05, 4.69) is 15.9 Å². The average molecular weight is 315 g/mol. The fourth-order valence-electron chi connectivity index (χ4n) is 1.71. The van der Waals surface area contributed by atoms with E-state index < -0.39 is 11.7 Å². The fourth-order valence-corrected chi connectivity index (χ4v) is 2.13. The minimum Gasteiger partial charge on any atom is -0.301 e. The molecule has 1 aliphatic rings. The van der Waals surface area contributed by atoms with E-state index in [4.69, 9.17) is 11.6 Å². The zero-order chi connectivity index (χ0) is 12.6. The molecule has 0 aliphatic carbocycles. The number of halogens is 2. The lowest BCUT2D eigenvalue weighted by Crippen LogP contribution is -2.31. The second-order valence-electron chi connectivity index (χ2n) is 3.84. The molecule has 0 bridgehead atoms. The number of benzene rings is 1. The van der Waals surface area contributed by atoms with Crippen LogP contribution in [-0.2, 0) is 4.79 Å². The summed E-state index contributed by atoms with van der Waals surface area (Å²) in [5, 5.41) is 0. The molecule has 0 radical (unpaired) electrons. The summed E-state index contributed by atoms with van der Waals surface area (Å²) >= 11 is 8.90. The predicted molar refractivity (Wildman–Crippen MR) is 70.4 cm³/mol. The molecule has 0 atom stereocenters. The van der Waals surface area contributed by atoms with Gasteiger partial charge in [-0.05, 0) is 30.7 Å². The van der Waals surface area contributed by atoms with E-state index in [-0.39, 0.29) is 0 Å². The number of hydrogen-bond donors (Lipinski definition) is 0. The summed E-state index contributed by atoms with van der Waals surface area (Å²) in [6.07, 6.45) is 0. The molecular weight excluding hydrogens is 305 g/mol. The van der Waals surface area contributed by atoms with Crippen LogP contribution in [0.15, 0.2) is 33.8 Å². The molecule has 17 heavy (non-hydrogen) atoms. The van der Waals surface area contributed by atoms with Gasteiger partial charge in [-0.15, -0.1) is 0 Å². The van der Waals surface area contributed by atoms with Crippen molar-refractivity contribution in [1.29, 1.82) is 0 Å². The summed E-state index contributed by atoms with van der Waals surface area (Å²) in [6.45, 7) is 2.14. The number of carbonyl (C=O) groups excluding carboxylic acids is 2. The van der Waals surface area contributed by atoms with Gasteiger partial charge in [0.05, 0.1) is 11.3 Å². The van der Waals surface area contributed by atoms with Crippen molar-refractivity contribution in [1.82, 2.24) is 0 Å². The topological polar surface area (TPSA) is 37.4 Å². The van der Waals surface area contributed by atoms with Gasteiger partial charge >= 0.3 is 0 Å². The Morgan fingerprint density at radius 3 is 2.82 bits per heavy atom. The molecule has 1 amide bonds. The van der Waals surface area contributed by atoms with Crippen molar-refractivity contribution in [2.24, 2.45) is 0 Å². The Labute approximate surface area is 112 Å². The first-order valence-corrected chi connectivity index (χ1v) is 6.19. The Kier molecular flexibility index (Phi) is 3.35. The lowest BCUT2D eigenvalue weighted by atomic mass is 10.1. The van der Waals surface area contributed by atoms with Crippen molar-refractivity contribution in [3.05, 3.63) is 39.3 Å². The van der Waals surface area contributed by atoms with Gasteiger partial charge in [0.1, 0.15) is 0 Å². The van der Waals surface area contributed by atoms with E-state index in [1.54, 1.807) is 25.1 Å². The van der Waals surface area contributed by atoms with Crippen LogP contribution in [0.5, 0.6) is 0 Å². The molecule has 1 aromatic rings. The number of ketones is 1. The molecular formula is C12H9BrClNO2. The third-order valence-electron chi connectivity index (χ3n) is 2.53. The van der Waals surface area contributed by atoms with Crippen molar-refractivity contribution in [3.63, 3.8) is 0 Å². The number of nitrogens with zero attached hydrogens (tertiary/aromatic N) is 1. The predicted octanol–water partition coefficient (Wildman–Crippen LogP) is 3.12. The van der Waals surface area contributed by atoms with Crippen molar-refractivity contribution in [2.45, 2.75) is 6.92 Å². The molecule has 0 aromatic heterocycles. The molecule has 0 fully saturated rings. The van der Waals surface area contributed by atoms with Gasteiger partial charge in [0.2, 0.25) is 0 Å². The SMILES string of the molecule is C/C(=C/Cl)CN1C(=O)C(=O)c2ccc(Br)cc21. The molecule has 0 saturated carbocycles. The Hall–Kier alpha value is -1.13. The smallest absolute Gasteiger partial charge is 0.299 e. The van der Waals surface area contributed by atoms with Crippen molar-refractivity contribution in [2.75, 3.05) is 11.4 Å². The highest BCUT2D eigenvalue weighted by Gasteiger charge is 2.35. The summed E-state index contributed by atoms with van der Waals surface area (Å²) in [5.74, 6) is -0.967. The molecule has 0 unspecified atom stereocenters. The maximum absolute atomic E-state index is 11.8. The van der Waals surface area contributed by atoms with Crippen LogP contribution in [0.3, 0.4) is 0 Å². The molecule has 1 aliphatic heterocycles. The van der Waals surface area contributed by atoms with Gasteiger partial charge < -0.3 is 4.90 Å². The van der Waals surface area contributed by atoms with Crippen LogP contribution in [-0.4, -0.2) is 18.2 Å². The van der Waals surface area contributed by atoms with Crippen LogP contribution in [0, 0.1) is 0 Å². The first-order chi connectivity index (χ1) is 8.04. The monoisotopic (exact) mass is 313 g/mol. The summed E-state index contributed by atoms with van der Waals surface area (Å²) in [5.41, 5.74) is 3.31. The summed E-state index contributed by atoms with van der Waals surface area (Å²) in [4.78, 5) is 25.0. The molecule has 1 heterocycles. The number of fused-ring (bicyclic) bond motifs is 1. The molecule has 0 spiro atoms. The van der Waals surface area contributed by atoms with Gasteiger partial charge in [0.25, 0.3) is 11.7 Å². The van der Waals surface area contributed by atoms with Gasteiger partial charge in [-0.25, -0.2) is 0 Å². The van der Waals surface area contributed by atoms with Gasteiger partial charge in [-0.1, -0.05) is 27.5 Å². The third kappa shape index (κ3) is 2.15. The van der Waals surface area contributed by atoms with Gasteiger partial charge in [-0.2, -0.15) is 0 Å². The molecule has 0 saturated heterocycles. The lowest BCUT2D eigenvalue weighted by molar-refractivity contribution is -0.114. The van der Waals surface area contributed by atoms with E-state index in [0.29, 0.717) is 17.8 Å². The van der Waals surface area contributed by atoms with Crippen molar-refractivity contribution >= 4 is 44.9 Å². The number of anilines is 1. The van der Waals surface area contributed by atoms with E-state index in [1.165, 1.54) is 10.4 Å². The minimum atomic E-state index is -0.504. The molecule has 88 valence electrons. The number of amides is 1. The van der Waals surface area contributed by atoms with Crippen LogP contribution in [0.2, 0.25) is 0 Å². The van der Waals surface area contributed by atoms with Gasteiger partial charge in [0.15, 0.2) is 0 Å². The average Bonchev–Trinajstić information content (AvgIpc) is 2.54. The number of Topliss-reactive ketones (excluding diaryl/α,β-unsaturated/α-hetero) is 1. The minimum absolute atomic E-state index is 0.331. The van der Waals surface area contributed by atoms with Crippen LogP contribution in [0.4, 0.5) is 5.69 Å². The highest BCUT2D eigenvalue weighted by Crippen LogP contribution is 2.32. The molecule has 3 nitrogen and oxygen atoms in total. The normalized spacial score (nSPS) is 15.5. The second kappa shape index (κ2) is 4.63. The Balaban J connectivity index is 2.46. The zero-order valence-electron chi connectivity index (χ0n) is 9.04. The molecule has 0 N–H and O–H groups in total. The van der Waals surface area contributed by atoms with Crippen LogP contribution < -0.4 is 4.90 Å². The Bertz CT molecular complexity index is 539. The fraction of sp³-hybridized carbons (Fsp3) is 0.167. The lowest BCUT2D eigenvalue weighted by Gasteiger charge is -2.16. The van der Waals surface area contributed by atoms with Gasteiger partial charge in [-0.3, -0.25) is 9.59 Å². The number of rotatable bonds is 2. The summed E-state index contributed by atoms with van der Waals surface area (Å²) < 4.78 is 0.830. The third-order valence-corrected chi connectivity index (χ3v) is 3.39. The van der Waals surface area contributed by atoms with Gasteiger partial charge in [0, 0.05) is 16.6 Å². The molecule has 1 aromatic carbocycles. The van der Waals surface area contributed by atoms with E-state index in [1.807, 2.05) is 0 Å². The number of hydrogen-bond acceptors (Lipinski definition) is 2. The van der Waals surface area contributed by atoms with E-state index in [9.17, 15) is 9.59 Å². The van der Waals surface area contributed by atoms with E-state index >= 15 is 0 Å². The highest BCUT2D eigenvalue weighted by atomic mass is 79.9. The Morgan fingerprint density at radius 1 is 1.47 bits per heavy atom. The zero-order valence-corrected chi connectivity index (χ0v) is 11.4. The summed E-state index contributed by atoms with van der Waals surface area (Å²) in [6, 6.07) is 5.16. The Morgan fingerprint density at radius 2 is 2.18 bits per heavy atom. The standard InChI is InChI=1S/C12H9BrClNO2/c1-7(5-14)6-15-10-4-8(13)2-3-9(10)11(16)12(15)17/h2-5H,6H2,1H3/b7-5-. The van der Waals surface area contributed by atoms with Crippen molar-refractivity contribution < 1.29 is 9.59 Å². The number of carbonyl (C=O) groups is 2.